The molecule has 0 fully saturated rings. The number of nitrogens with two attached hydrogens (primary N) is 1. The Balaban J connectivity index is 2.52. The van der Waals surface area contributed by atoms with Crippen molar-refractivity contribution in [3.63, 3.8) is 0 Å². The number of carbonyl (C=O) groups excluding carboxylic acids is 1. The van der Waals surface area contributed by atoms with E-state index in [1.807, 2.05) is 0 Å². The Morgan fingerprint density at radius 3 is 2.75 bits per heavy atom. The summed E-state index contributed by atoms with van der Waals surface area (Å²) in [6.45, 7) is 0. The van der Waals surface area contributed by atoms with Crippen LogP contribution in [0, 0.1) is 0 Å². The lowest BCUT2D eigenvalue weighted by Crippen LogP contribution is -2.25. The molecule has 0 aromatic carbocycles. The summed E-state index contributed by atoms with van der Waals surface area (Å²) in [5.74, 6) is -0.523. The molecular formula is C7H5N3O4S2. The van der Waals surface area contributed by atoms with Gasteiger partial charge in [0.05, 0.1) is 21.4 Å². The van der Waals surface area contributed by atoms with E-state index in [0.717, 1.165) is 6.20 Å². The van der Waals surface area contributed by atoms with Crippen LogP contribution in [-0.4, -0.2) is 27.7 Å². The van der Waals surface area contributed by atoms with Gasteiger partial charge in [-0.3, -0.25) is 4.79 Å². The molecular weight excluding hydrogens is 254 g/mol. The highest BCUT2D eigenvalue weighted by Crippen LogP contribution is 2.20. The molecule has 9 heteroatoms. The minimum absolute atomic E-state index is 0.264. The molecule has 0 aliphatic carbocycles. The Kier molecular flexibility index (Phi) is 2.45. The normalized spacial score (nSPS) is 18.4. The van der Waals surface area contributed by atoms with Gasteiger partial charge in [0.25, 0.3) is 10.0 Å². The minimum atomic E-state index is -4.35. The van der Waals surface area contributed by atoms with Crippen molar-refractivity contribution >= 4 is 32.0 Å². The Hall–Kier alpha value is -1.45. The molecule has 2 rings (SSSR count). The van der Waals surface area contributed by atoms with Gasteiger partial charge in [-0.1, -0.05) is 0 Å². The number of sulfonamides is 1. The zero-order chi connectivity index (χ0) is 11.9. The SMILES string of the molecule is NS(=O)(=O)C(=O)c1ncc2c(n1)C=CS2=O. The topological polar surface area (TPSA) is 120 Å². The van der Waals surface area contributed by atoms with Crippen LogP contribution >= 0.6 is 0 Å². The number of rotatable bonds is 1. The quantitative estimate of drug-likeness (QED) is 0.690. The van der Waals surface area contributed by atoms with Crippen LogP contribution in [0.3, 0.4) is 0 Å². The molecule has 1 atom stereocenters. The summed E-state index contributed by atoms with van der Waals surface area (Å²) >= 11 is 0. The van der Waals surface area contributed by atoms with E-state index in [0.29, 0.717) is 4.90 Å². The van der Waals surface area contributed by atoms with Gasteiger partial charge in [-0.15, -0.1) is 0 Å². The van der Waals surface area contributed by atoms with Crippen LogP contribution in [0.2, 0.25) is 0 Å². The van der Waals surface area contributed by atoms with Crippen LogP contribution < -0.4 is 5.14 Å². The second-order valence-electron chi connectivity index (χ2n) is 2.88. The largest absolute Gasteiger partial charge is 0.328 e. The van der Waals surface area contributed by atoms with Gasteiger partial charge in [-0.25, -0.2) is 27.7 Å². The molecule has 7 nitrogen and oxygen atoms in total. The summed E-state index contributed by atoms with van der Waals surface area (Å²) in [5.41, 5.74) is 0.264. The van der Waals surface area contributed by atoms with E-state index in [1.165, 1.54) is 11.5 Å². The highest BCUT2D eigenvalue weighted by atomic mass is 32.2. The van der Waals surface area contributed by atoms with Crippen LogP contribution in [0.5, 0.6) is 0 Å². The molecule has 2 heterocycles. The third-order valence-electron chi connectivity index (χ3n) is 1.79. The number of nitrogens with zero attached hydrogens (tertiary/aromatic N) is 2. The van der Waals surface area contributed by atoms with Crippen molar-refractivity contribution in [1.82, 2.24) is 9.97 Å². The smallest absolute Gasteiger partial charge is 0.271 e. The van der Waals surface area contributed by atoms with Gasteiger partial charge in [0.2, 0.25) is 5.82 Å². The molecule has 0 bridgehead atoms. The van der Waals surface area contributed by atoms with E-state index >= 15 is 0 Å². The van der Waals surface area contributed by atoms with E-state index < -0.39 is 31.8 Å². The van der Waals surface area contributed by atoms with Crippen LogP contribution in [0.15, 0.2) is 16.5 Å². The van der Waals surface area contributed by atoms with Crippen molar-refractivity contribution in [2.24, 2.45) is 5.14 Å². The van der Waals surface area contributed by atoms with Gasteiger partial charge in [0.15, 0.2) is 0 Å². The molecule has 2 N–H and O–H groups in total. The Morgan fingerprint density at radius 1 is 1.44 bits per heavy atom. The molecule has 16 heavy (non-hydrogen) atoms. The fraction of sp³-hybridized carbons (Fsp3) is 0. The first-order valence-electron chi connectivity index (χ1n) is 3.92. The molecule has 0 saturated carbocycles. The Morgan fingerprint density at radius 2 is 2.12 bits per heavy atom. The number of hydrogen-bond donors (Lipinski definition) is 1. The number of fused-ring (bicyclic) bond motifs is 1. The monoisotopic (exact) mass is 259 g/mol. The first kappa shape index (κ1) is 11.0. The second kappa shape index (κ2) is 3.54. The van der Waals surface area contributed by atoms with Crippen molar-refractivity contribution in [2.75, 3.05) is 0 Å². The molecule has 1 aromatic rings. The zero-order valence-corrected chi connectivity index (χ0v) is 9.29. The fourth-order valence-corrected chi connectivity index (χ4v) is 2.31. The molecule has 0 radical (unpaired) electrons. The number of primary sulfonamides is 1. The van der Waals surface area contributed by atoms with E-state index in [-0.39, 0.29) is 5.69 Å². The summed E-state index contributed by atoms with van der Waals surface area (Å²) in [7, 11) is -5.69. The second-order valence-corrected chi connectivity index (χ2v) is 5.64. The van der Waals surface area contributed by atoms with Gasteiger partial charge in [0.1, 0.15) is 0 Å². The van der Waals surface area contributed by atoms with E-state index in [9.17, 15) is 17.4 Å². The summed E-state index contributed by atoms with van der Waals surface area (Å²) in [5, 5.41) is 4.65. The molecule has 1 aromatic heterocycles. The number of carbonyl (C=O) groups is 1. The first-order valence-corrected chi connectivity index (χ1v) is 6.68. The van der Waals surface area contributed by atoms with Crippen molar-refractivity contribution in [3.8, 4) is 0 Å². The van der Waals surface area contributed by atoms with E-state index in [1.54, 1.807) is 0 Å². The fourth-order valence-electron chi connectivity index (χ4n) is 1.08. The maximum Gasteiger partial charge on any atom is 0.328 e. The standard InChI is InChI=1S/C7H5N3O4S2/c8-16(13,14)7(11)6-9-3-5-4(10-6)1-2-15(5)12/h1-3H,(H2,8,13,14). The van der Waals surface area contributed by atoms with Gasteiger partial charge < -0.3 is 0 Å². The lowest BCUT2D eigenvalue weighted by Gasteiger charge is -1.99. The van der Waals surface area contributed by atoms with Gasteiger partial charge >= 0.3 is 5.12 Å². The Labute approximate surface area is 92.9 Å². The molecule has 84 valence electrons. The maximum absolute atomic E-state index is 11.3. The van der Waals surface area contributed by atoms with Crippen LogP contribution in [0.25, 0.3) is 6.08 Å². The molecule has 1 aliphatic heterocycles. The third-order valence-corrected chi connectivity index (χ3v) is 3.62. The maximum atomic E-state index is 11.3. The van der Waals surface area contributed by atoms with Crippen molar-refractivity contribution in [1.29, 1.82) is 0 Å². The van der Waals surface area contributed by atoms with Gasteiger partial charge in [0, 0.05) is 11.6 Å². The third kappa shape index (κ3) is 1.79. The Bertz CT molecular complexity index is 635. The summed E-state index contributed by atoms with van der Waals surface area (Å²) in [4.78, 5) is 18.7. The van der Waals surface area contributed by atoms with E-state index in [4.69, 9.17) is 0 Å². The van der Waals surface area contributed by atoms with Gasteiger partial charge in [-0.05, 0) is 6.08 Å². The number of hydrogen-bond acceptors (Lipinski definition) is 6. The highest BCUT2D eigenvalue weighted by Gasteiger charge is 2.24. The van der Waals surface area contributed by atoms with Crippen LogP contribution in [0.4, 0.5) is 0 Å². The predicted octanol–water partition coefficient (Wildman–Crippen LogP) is -1.00. The minimum Gasteiger partial charge on any atom is -0.271 e. The molecule has 1 aliphatic rings. The highest BCUT2D eigenvalue weighted by molar-refractivity contribution is 8.04. The summed E-state index contributed by atoms with van der Waals surface area (Å²) in [6.07, 6.45) is 2.57. The predicted molar refractivity (Wildman–Crippen MR) is 54.9 cm³/mol. The number of aromatic nitrogens is 2. The molecule has 0 saturated heterocycles. The molecule has 0 amide bonds. The summed E-state index contributed by atoms with van der Waals surface area (Å²) in [6, 6.07) is 0. The summed E-state index contributed by atoms with van der Waals surface area (Å²) < 4.78 is 32.8. The lowest BCUT2D eigenvalue weighted by atomic mass is 10.4. The first-order chi connectivity index (χ1) is 7.39. The van der Waals surface area contributed by atoms with Crippen molar-refractivity contribution in [3.05, 3.63) is 23.1 Å². The molecule has 1 unspecified atom stereocenters. The zero-order valence-electron chi connectivity index (χ0n) is 7.65. The van der Waals surface area contributed by atoms with E-state index in [2.05, 4.69) is 15.1 Å². The van der Waals surface area contributed by atoms with Crippen LogP contribution in [-0.2, 0) is 20.8 Å². The average molecular weight is 259 g/mol. The van der Waals surface area contributed by atoms with Crippen LogP contribution in [0.1, 0.15) is 16.3 Å². The van der Waals surface area contributed by atoms with Crippen molar-refractivity contribution in [2.45, 2.75) is 4.90 Å². The van der Waals surface area contributed by atoms with Crippen molar-refractivity contribution < 1.29 is 17.4 Å². The van der Waals surface area contributed by atoms with Gasteiger partial charge in [-0.2, -0.15) is 0 Å². The molecule has 0 spiro atoms. The average Bonchev–Trinajstić information content (AvgIpc) is 2.57. The lowest BCUT2D eigenvalue weighted by molar-refractivity contribution is 0.106.